The molecule has 0 aliphatic heterocycles. The number of esters is 1. The molecule has 0 radical (unpaired) electrons. The van der Waals surface area contributed by atoms with Crippen molar-refractivity contribution in [2.24, 2.45) is 0 Å². The first-order valence-electron chi connectivity index (χ1n) is 7.83. The van der Waals surface area contributed by atoms with Crippen LogP contribution in [0.25, 0.3) is 0 Å². The number of benzene rings is 1. The van der Waals surface area contributed by atoms with Crippen LogP contribution in [-0.4, -0.2) is 17.6 Å². The predicted molar refractivity (Wildman–Crippen MR) is 99.2 cm³/mol. The van der Waals surface area contributed by atoms with Crippen LogP contribution < -0.4 is 0 Å². The fourth-order valence-corrected chi connectivity index (χ4v) is 3.61. The van der Waals surface area contributed by atoms with Crippen LogP contribution in [0.2, 0.25) is 5.02 Å². The number of halogens is 1. The van der Waals surface area contributed by atoms with E-state index in [0.717, 1.165) is 4.90 Å². The zero-order valence-corrected chi connectivity index (χ0v) is 16.2. The van der Waals surface area contributed by atoms with Crippen molar-refractivity contribution in [1.82, 2.24) is 4.98 Å². The number of ether oxygens (including phenoxy) is 1. The minimum atomic E-state index is -0.605. The topological polar surface area (TPSA) is 63.0 Å². The summed E-state index contributed by atoms with van der Waals surface area (Å²) in [5.41, 5.74) is 0.405. The van der Waals surface area contributed by atoms with Crippen LogP contribution in [-0.2, 0) is 10.2 Å². The van der Waals surface area contributed by atoms with Gasteiger partial charge >= 0.3 is 5.97 Å². The number of carbonyl (C=O) groups is 1. The number of hydrogen-bond donors (Lipinski definition) is 0. The van der Waals surface area contributed by atoms with Crippen molar-refractivity contribution in [3.05, 3.63) is 52.2 Å². The van der Waals surface area contributed by atoms with Crippen LogP contribution in [0.4, 0.5) is 0 Å². The zero-order chi connectivity index (χ0) is 18.6. The summed E-state index contributed by atoms with van der Waals surface area (Å²) in [7, 11) is 0. The Labute approximate surface area is 157 Å². The van der Waals surface area contributed by atoms with Crippen LogP contribution in [0.3, 0.4) is 0 Å². The summed E-state index contributed by atoms with van der Waals surface area (Å²) in [5.74, 6) is -0.605. The van der Waals surface area contributed by atoms with E-state index in [9.17, 15) is 10.1 Å². The fourth-order valence-electron chi connectivity index (χ4n) is 2.21. The number of carbonyl (C=O) groups excluding carboxylic acids is 1. The van der Waals surface area contributed by atoms with Crippen LogP contribution >= 0.6 is 23.4 Å². The van der Waals surface area contributed by atoms with Gasteiger partial charge in [-0.15, -0.1) is 0 Å². The van der Waals surface area contributed by atoms with Crippen molar-refractivity contribution in [1.29, 1.82) is 5.26 Å². The largest absolute Gasteiger partial charge is 0.462 e. The first-order chi connectivity index (χ1) is 11.8. The summed E-state index contributed by atoms with van der Waals surface area (Å²) in [5, 5.41) is 10.3. The molecule has 0 aliphatic rings. The second-order valence-electron chi connectivity index (χ2n) is 6.33. The molecular formula is C19H19ClN2O2S. The Bertz CT molecular complexity index is 824. The Balaban J connectivity index is 2.71. The lowest BCUT2D eigenvalue weighted by Gasteiger charge is -2.22. The maximum absolute atomic E-state index is 12.4. The van der Waals surface area contributed by atoms with E-state index in [0.29, 0.717) is 10.7 Å². The Morgan fingerprint density at radius 2 is 1.96 bits per heavy atom. The van der Waals surface area contributed by atoms with Gasteiger partial charge in [0, 0.05) is 10.3 Å². The fraction of sp³-hybridized carbons (Fsp3) is 0.316. The van der Waals surface area contributed by atoms with Crippen LogP contribution in [0.15, 0.2) is 40.3 Å². The molecule has 1 aromatic carbocycles. The molecule has 0 aliphatic carbocycles. The van der Waals surface area contributed by atoms with E-state index in [1.54, 1.807) is 6.92 Å². The van der Waals surface area contributed by atoms with Crippen molar-refractivity contribution in [3.8, 4) is 6.07 Å². The molecule has 0 spiro atoms. The lowest BCUT2D eigenvalue weighted by molar-refractivity contribution is 0.0525. The first-order valence-corrected chi connectivity index (χ1v) is 9.03. The van der Waals surface area contributed by atoms with Gasteiger partial charge in [0.25, 0.3) is 0 Å². The van der Waals surface area contributed by atoms with Gasteiger partial charge in [-0.25, -0.2) is 9.78 Å². The molecule has 0 amide bonds. The molecule has 2 aromatic rings. The summed E-state index contributed by atoms with van der Waals surface area (Å²) < 4.78 is 5.11. The van der Waals surface area contributed by atoms with Gasteiger partial charge in [-0.2, -0.15) is 5.26 Å². The highest BCUT2D eigenvalue weighted by Gasteiger charge is 2.30. The van der Waals surface area contributed by atoms with Gasteiger partial charge in [0.15, 0.2) is 0 Å². The number of rotatable bonds is 4. The molecule has 0 bridgehead atoms. The SMILES string of the molecule is CCOC(=O)c1c(Cl)c(C(C)(C)C)nc(Sc2ccccc2)c1C#N. The molecular weight excluding hydrogens is 356 g/mol. The molecule has 0 N–H and O–H groups in total. The maximum atomic E-state index is 12.4. The van der Waals surface area contributed by atoms with Crippen LogP contribution in [0, 0.1) is 11.3 Å². The summed E-state index contributed by atoms with van der Waals surface area (Å²) in [6, 6.07) is 11.6. The molecule has 6 heteroatoms. The zero-order valence-electron chi connectivity index (χ0n) is 14.6. The van der Waals surface area contributed by atoms with Crippen molar-refractivity contribution in [3.63, 3.8) is 0 Å². The maximum Gasteiger partial charge on any atom is 0.341 e. The molecule has 2 rings (SSSR count). The Morgan fingerprint density at radius 1 is 1.32 bits per heavy atom. The molecule has 1 aromatic heterocycles. The van der Waals surface area contributed by atoms with Crippen molar-refractivity contribution in [2.75, 3.05) is 6.61 Å². The predicted octanol–water partition coefficient (Wildman–Crippen LogP) is 5.23. The third-order valence-electron chi connectivity index (χ3n) is 3.36. The van der Waals surface area contributed by atoms with E-state index in [-0.39, 0.29) is 22.8 Å². The lowest BCUT2D eigenvalue weighted by Crippen LogP contribution is -2.19. The second-order valence-corrected chi connectivity index (χ2v) is 7.77. The van der Waals surface area contributed by atoms with Crippen LogP contribution in [0.1, 0.15) is 49.3 Å². The molecule has 25 heavy (non-hydrogen) atoms. The minimum Gasteiger partial charge on any atom is -0.462 e. The average molecular weight is 375 g/mol. The molecule has 0 fully saturated rings. The van der Waals surface area contributed by atoms with Gasteiger partial charge in [-0.1, -0.05) is 62.3 Å². The molecule has 130 valence electrons. The molecule has 0 unspecified atom stereocenters. The van der Waals surface area contributed by atoms with Gasteiger partial charge in [-0.3, -0.25) is 0 Å². The van der Waals surface area contributed by atoms with E-state index in [2.05, 4.69) is 11.1 Å². The Morgan fingerprint density at radius 3 is 2.48 bits per heavy atom. The molecule has 0 saturated heterocycles. The monoisotopic (exact) mass is 374 g/mol. The quantitative estimate of drug-likeness (QED) is 0.685. The highest BCUT2D eigenvalue weighted by atomic mass is 35.5. The number of nitrogens with zero attached hydrogens (tertiary/aromatic N) is 2. The average Bonchev–Trinajstić information content (AvgIpc) is 2.55. The van der Waals surface area contributed by atoms with Crippen molar-refractivity contribution < 1.29 is 9.53 Å². The normalized spacial score (nSPS) is 11.0. The van der Waals surface area contributed by atoms with Crippen molar-refractivity contribution >= 4 is 29.3 Å². The Kier molecular flexibility index (Phi) is 6.10. The molecule has 0 saturated carbocycles. The van der Waals surface area contributed by atoms with E-state index in [4.69, 9.17) is 16.3 Å². The summed E-state index contributed by atoms with van der Waals surface area (Å²) in [4.78, 5) is 18.0. The molecule has 1 heterocycles. The highest BCUT2D eigenvalue weighted by molar-refractivity contribution is 7.99. The van der Waals surface area contributed by atoms with Gasteiger partial charge < -0.3 is 4.74 Å². The second kappa shape index (κ2) is 7.90. The highest BCUT2D eigenvalue weighted by Crippen LogP contribution is 2.38. The third kappa shape index (κ3) is 4.33. The number of pyridine rings is 1. The molecule has 0 atom stereocenters. The van der Waals surface area contributed by atoms with E-state index >= 15 is 0 Å². The lowest BCUT2D eigenvalue weighted by atomic mass is 9.90. The van der Waals surface area contributed by atoms with E-state index < -0.39 is 11.4 Å². The first kappa shape index (κ1) is 19.3. The van der Waals surface area contributed by atoms with Gasteiger partial charge in [0.05, 0.1) is 17.3 Å². The van der Waals surface area contributed by atoms with Crippen molar-refractivity contribution in [2.45, 2.75) is 43.0 Å². The van der Waals surface area contributed by atoms with E-state index in [1.807, 2.05) is 51.1 Å². The number of hydrogen-bond acceptors (Lipinski definition) is 5. The summed E-state index contributed by atoms with van der Waals surface area (Å²) in [6.07, 6.45) is 0. The summed E-state index contributed by atoms with van der Waals surface area (Å²) >= 11 is 7.79. The van der Waals surface area contributed by atoms with Crippen LogP contribution in [0.5, 0.6) is 0 Å². The number of aromatic nitrogens is 1. The van der Waals surface area contributed by atoms with Gasteiger partial charge in [0.2, 0.25) is 0 Å². The smallest absolute Gasteiger partial charge is 0.341 e. The van der Waals surface area contributed by atoms with Gasteiger partial charge in [0.1, 0.15) is 22.2 Å². The molecule has 4 nitrogen and oxygen atoms in total. The summed E-state index contributed by atoms with van der Waals surface area (Å²) in [6.45, 7) is 7.79. The van der Waals surface area contributed by atoms with Gasteiger partial charge in [-0.05, 0) is 19.1 Å². The Hall–Kier alpha value is -2.03. The standard InChI is InChI=1S/C19H19ClN2O2S/c1-5-24-18(23)14-13(11-21)17(25-12-9-7-6-8-10-12)22-16(15(14)20)19(2,3)4/h6-10H,5H2,1-4H3. The van der Waals surface area contributed by atoms with E-state index in [1.165, 1.54) is 11.8 Å². The minimum absolute atomic E-state index is 0.0874. The third-order valence-corrected chi connectivity index (χ3v) is 4.73. The number of nitriles is 1.